The molecule has 2 fully saturated rings. The first-order valence-electron chi connectivity index (χ1n) is 8.54. The average molecular weight is 314 g/mol. The molecule has 1 heterocycles. The molecule has 1 aliphatic carbocycles. The van der Waals surface area contributed by atoms with Crippen molar-refractivity contribution in [1.82, 2.24) is 10.2 Å². The summed E-state index contributed by atoms with van der Waals surface area (Å²) in [5.41, 5.74) is 6.13. The highest BCUT2D eigenvalue weighted by molar-refractivity contribution is 7.99. The lowest BCUT2D eigenvalue weighted by Crippen LogP contribution is -2.60. The fourth-order valence-electron chi connectivity index (χ4n) is 3.68. The van der Waals surface area contributed by atoms with Crippen LogP contribution in [0.25, 0.3) is 0 Å². The molecule has 0 aromatic carbocycles. The first-order chi connectivity index (χ1) is 10.2. The van der Waals surface area contributed by atoms with Crippen LogP contribution in [0, 0.1) is 0 Å². The lowest BCUT2D eigenvalue weighted by molar-refractivity contribution is -0.123. The molecule has 1 saturated carbocycles. The highest BCUT2D eigenvalue weighted by atomic mass is 32.2. The number of nitrogens with two attached hydrogens (primary N) is 1. The van der Waals surface area contributed by atoms with Gasteiger partial charge in [-0.25, -0.2) is 0 Å². The zero-order valence-electron chi connectivity index (χ0n) is 13.4. The molecule has 5 heteroatoms. The molecular weight excluding hydrogens is 282 g/mol. The molecule has 0 spiro atoms. The Morgan fingerprint density at radius 2 is 1.95 bits per heavy atom. The minimum atomic E-state index is -0.340. The van der Waals surface area contributed by atoms with E-state index in [2.05, 4.69) is 17.1 Å². The van der Waals surface area contributed by atoms with Gasteiger partial charge in [0.1, 0.15) is 0 Å². The number of carbonyl (C=O) groups excluding carboxylic acids is 1. The molecule has 4 nitrogen and oxygen atoms in total. The lowest BCUT2D eigenvalue weighted by Gasteiger charge is -2.48. The molecule has 1 aliphatic heterocycles. The summed E-state index contributed by atoms with van der Waals surface area (Å²) in [5.74, 6) is 2.49. The van der Waals surface area contributed by atoms with Crippen LogP contribution >= 0.6 is 11.8 Å². The van der Waals surface area contributed by atoms with Crippen molar-refractivity contribution in [3.05, 3.63) is 0 Å². The lowest BCUT2D eigenvalue weighted by atomic mass is 9.80. The van der Waals surface area contributed by atoms with Gasteiger partial charge in [0.05, 0.1) is 6.04 Å². The Bertz CT molecular complexity index is 325. The summed E-state index contributed by atoms with van der Waals surface area (Å²) in [6.45, 7) is 5.19. The third-order valence-corrected chi connectivity index (χ3v) is 5.94. The van der Waals surface area contributed by atoms with E-state index < -0.39 is 0 Å². The van der Waals surface area contributed by atoms with Crippen LogP contribution < -0.4 is 11.1 Å². The third kappa shape index (κ3) is 4.60. The van der Waals surface area contributed by atoms with Crippen LogP contribution in [-0.4, -0.2) is 53.5 Å². The number of rotatable bonds is 6. The molecule has 2 rings (SSSR count). The predicted octanol–water partition coefficient (Wildman–Crippen LogP) is 1.98. The Morgan fingerprint density at radius 3 is 2.57 bits per heavy atom. The zero-order chi connectivity index (χ0) is 15.1. The molecule has 3 N–H and O–H groups in total. The van der Waals surface area contributed by atoms with E-state index in [1.54, 1.807) is 0 Å². The van der Waals surface area contributed by atoms with Gasteiger partial charge in [-0.05, 0) is 19.3 Å². The monoisotopic (exact) mass is 313 g/mol. The molecule has 1 unspecified atom stereocenters. The van der Waals surface area contributed by atoms with Gasteiger partial charge in [0.15, 0.2) is 0 Å². The summed E-state index contributed by atoms with van der Waals surface area (Å²) >= 11 is 2.05. The van der Waals surface area contributed by atoms with Crippen LogP contribution in [0.3, 0.4) is 0 Å². The Morgan fingerprint density at radius 1 is 1.29 bits per heavy atom. The van der Waals surface area contributed by atoms with Crippen LogP contribution in [-0.2, 0) is 4.79 Å². The zero-order valence-corrected chi connectivity index (χ0v) is 14.2. The summed E-state index contributed by atoms with van der Waals surface area (Å²) < 4.78 is 0. The second-order valence-electron chi connectivity index (χ2n) is 6.50. The van der Waals surface area contributed by atoms with Crippen molar-refractivity contribution in [3.8, 4) is 0 Å². The van der Waals surface area contributed by atoms with Crippen molar-refractivity contribution in [2.24, 2.45) is 5.73 Å². The van der Waals surface area contributed by atoms with Gasteiger partial charge in [0, 0.05) is 36.7 Å². The maximum atomic E-state index is 12.1. The van der Waals surface area contributed by atoms with E-state index in [1.807, 2.05) is 11.8 Å². The fraction of sp³-hybridized carbons (Fsp3) is 0.938. The Labute approximate surface area is 133 Å². The number of hydrogen-bond donors (Lipinski definition) is 2. The van der Waals surface area contributed by atoms with E-state index in [0.29, 0.717) is 0 Å². The van der Waals surface area contributed by atoms with E-state index in [-0.39, 0.29) is 17.5 Å². The molecule has 0 aromatic rings. The molecule has 2 aliphatic rings. The van der Waals surface area contributed by atoms with Crippen molar-refractivity contribution in [1.29, 1.82) is 0 Å². The van der Waals surface area contributed by atoms with E-state index in [9.17, 15) is 4.79 Å². The van der Waals surface area contributed by atoms with Gasteiger partial charge in [-0.3, -0.25) is 9.69 Å². The summed E-state index contributed by atoms with van der Waals surface area (Å²) in [5, 5.41) is 3.16. The number of nitrogens with zero attached hydrogens (tertiary/aromatic N) is 1. The fourth-order valence-corrected chi connectivity index (χ4v) is 4.58. The predicted molar refractivity (Wildman–Crippen MR) is 90.6 cm³/mol. The summed E-state index contributed by atoms with van der Waals surface area (Å²) in [6.07, 6.45) is 8.11. The van der Waals surface area contributed by atoms with Crippen molar-refractivity contribution in [2.45, 2.75) is 63.5 Å². The molecular formula is C16H31N3OS. The average Bonchev–Trinajstić information content (AvgIpc) is 2.54. The number of amides is 1. The minimum absolute atomic E-state index is 0.0354. The molecule has 0 bridgehead atoms. The molecule has 122 valence electrons. The number of hydrogen-bond acceptors (Lipinski definition) is 4. The summed E-state index contributed by atoms with van der Waals surface area (Å²) in [6, 6.07) is -0.340. The largest absolute Gasteiger partial charge is 0.353 e. The summed E-state index contributed by atoms with van der Waals surface area (Å²) in [4.78, 5) is 14.8. The molecule has 0 radical (unpaired) electrons. The van der Waals surface area contributed by atoms with Crippen molar-refractivity contribution in [3.63, 3.8) is 0 Å². The first kappa shape index (κ1) is 17.1. The Kier molecular flexibility index (Phi) is 6.83. The van der Waals surface area contributed by atoms with Gasteiger partial charge in [-0.1, -0.05) is 32.6 Å². The van der Waals surface area contributed by atoms with E-state index >= 15 is 0 Å². The van der Waals surface area contributed by atoms with Crippen molar-refractivity contribution in [2.75, 3.05) is 31.1 Å². The molecule has 1 atom stereocenters. The van der Waals surface area contributed by atoms with Gasteiger partial charge in [-0.15, -0.1) is 0 Å². The SMILES string of the molecule is CCCC(N)C(=O)NCC1(N2CCSCC2)CCCCC1. The quantitative estimate of drug-likeness (QED) is 0.787. The molecule has 21 heavy (non-hydrogen) atoms. The van der Waals surface area contributed by atoms with Gasteiger partial charge in [0.25, 0.3) is 0 Å². The van der Waals surface area contributed by atoms with Crippen molar-refractivity contribution < 1.29 is 4.79 Å². The molecule has 0 aromatic heterocycles. The summed E-state index contributed by atoms with van der Waals surface area (Å²) in [7, 11) is 0. The number of nitrogens with one attached hydrogen (secondary N) is 1. The molecule has 1 amide bonds. The van der Waals surface area contributed by atoms with Crippen LogP contribution in [0.5, 0.6) is 0 Å². The van der Waals surface area contributed by atoms with Gasteiger partial charge in [0.2, 0.25) is 5.91 Å². The maximum Gasteiger partial charge on any atom is 0.236 e. The first-order valence-corrected chi connectivity index (χ1v) is 9.69. The van der Waals surface area contributed by atoms with Gasteiger partial charge < -0.3 is 11.1 Å². The highest BCUT2D eigenvalue weighted by Crippen LogP contribution is 2.34. The van der Waals surface area contributed by atoms with Gasteiger partial charge in [-0.2, -0.15) is 11.8 Å². The van der Waals surface area contributed by atoms with Crippen LogP contribution in [0.4, 0.5) is 0 Å². The second-order valence-corrected chi connectivity index (χ2v) is 7.72. The standard InChI is InChI=1S/C16H31N3OS/c1-2-6-14(17)15(20)18-13-16(7-4-3-5-8-16)19-9-11-21-12-10-19/h14H,2-13,17H2,1H3,(H,18,20). The van der Waals surface area contributed by atoms with Crippen LogP contribution in [0.1, 0.15) is 51.9 Å². The van der Waals surface area contributed by atoms with Crippen molar-refractivity contribution >= 4 is 17.7 Å². The Balaban J connectivity index is 1.94. The van der Waals surface area contributed by atoms with Crippen LogP contribution in [0.15, 0.2) is 0 Å². The van der Waals surface area contributed by atoms with E-state index in [4.69, 9.17) is 5.73 Å². The van der Waals surface area contributed by atoms with E-state index in [1.165, 1.54) is 56.7 Å². The normalized spacial score (nSPS) is 24.5. The number of thioether (sulfide) groups is 1. The smallest absolute Gasteiger partial charge is 0.236 e. The minimum Gasteiger partial charge on any atom is -0.353 e. The highest BCUT2D eigenvalue weighted by Gasteiger charge is 2.38. The maximum absolute atomic E-state index is 12.1. The second kappa shape index (κ2) is 8.39. The Hall–Kier alpha value is -0.260. The number of carbonyl (C=O) groups is 1. The van der Waals surface area contributed by atoms with Crippen LogP contribution in [0.2, 0.25) is 0 Å². The topological polar surface area (TPSA) is 58.4 Å². The van der Waals surface area contributed by atoms with E-state index in [0.717, 1.165) is 19.4 Å². The van der Waals surface area contributed by atoms with Gasteiger partial charge >= 0.3 is 0 Å². The molecule has 1 saturated heterocycles. The third-order valence-electron chi connectivity index (χ3n) is 4.99.